The fourth-order valence-corrected chi connectivity index (χ4v) is 1.37. The van der Waals surface area contributed by atoms with Crippen LogP contribution in [0.2, 0.25) is 0 Å². The third kappa shape index (κ3) is 2.23. The number of hydrogen-bond acceptors (Lipinski definition) is 4. The van der Waals surface area contributed by atoms with Gasteiger partial charge in [-0.2, -0.15) is 5.26 Å². The highest BCUT2D eigenvalue weighted by molar-refractivity contribution is 5.91. The molecule has 1 N–H and O–H groups in total. The average Bonchev–Trinajstić information content (AvgIpc) is 2.29. The van der Waals surface area contributed by atoms with Crippen LogP contribution in [0.15, 0.2) is 12.1 Å². The quantitative estimate of drug-likeness (QED) is 0.832. The van der Waals surface area contributed by atoms with E-state index in [9.17, 15) is 4.79 Å². The highest BCUT2D eigenvalue weighted by atomic mass is 16.5. The summed E-state index contributed by atoms with van der Waals surface area (Å²) in [6.45, 7) is 0. The van der Waals surface area contributed by atoms with Gasteiger partial charge in [-0.3, -0.25) is 0 Å². The molecule has 0 aliphatic heterocycles. The van der Waals surface area contributed by atoms with Crippen LogP contribution in [-0.4, -0.2) is 25.3 Å². The van der Waals surface area contributed by atoms with Gasteiger partial charge in [0.25, 0.3) is 0 Å². The molecule has 0 atom stereocenters. The average molecular weight is 221 g/mol. The predicted octanol–water partition coefficient (Wildman–Crippen LogP) is 1.47. The van der Waals surface area contributed by atoms with Crippen LogP contribution in [0.5, 0.6) is 11.5 Å². The molecule has 1 rings (SSSR count). The van der Waals surface area contributed by atoms with E-state index in [0.29, 0.717) is 17.1 Å². The van der Waals surface area contributed by atoms with Gasteiger partial charge < -0.3 is 14.6 Å². The number of nitrogens with zero attached hydrogens (tertiary/aromatic N) is 1. The van der Waals surface area contributed by atoms with Crippen molar-refractivity contribution in [3.63, 3.8) is 0 Å². The van der Waals surface area contributed by atoms with Crippen molar-refractivity contribution < 1.29 is 19.4 Å². The minimum atomic E-state index is -1.11. The van der Waals surface area contributed by atoms with Crippen molar-refractivity contribution in [1.82, 2.24) is 0 Å². The second kappa shape index (κ2) is 5.03. The molecule has 84 valence electrons. The number of carboxylic acids is 1. The van der Waals surface area contributed by atoms with Gasteiger partial charge in [0, 0.05) is 11.6 Å². The molecule has 16 heavy (non-hydrogen) atoms. The van der Waals surface area contributed by atoms with Crippen LogP contribution in [0.4, 0.5) is 0 Å². The lowest BCUT2D eigenvalue weighted by Gasteiger charge is -2.11. The van der Waals surface area contributed by atoms with E-state index in [4.69, 9.17) is 19.8 Å². The normalized spacial score (nSPS) is 9.31. The van der Waals surface area contributed by atoms with Crippen LogP contribution in [0.1, 0.15) is 15.9 Å². The first-order chi connectivity index (χ1) is 7.63. The molecule has 0 saturated heterocycles. The predicted molar refractivity (Wildman–Crippen MR) is 55.8 cm³/mol. The van der Waals surface area contributed by atoms with E-state index < -0.39 is 5.97 Å². The maximum atomic E-state index is 11.0. The first kappa shape index (κ1) is 11.9. The molecule has 0 aliphatic carbocycles. The third-order valence-electron chi connectivity index (χ3n) is 2.12. The number of hydrogen-bond donors (Lipinski definition) is 1. The van der Waals surface area contributed by atoms with Crippen molar-refractivity contribution in [2.24, 2.45) is 0 Å². The lowest BCUT2D eigenvalue weighted by Crippen LogP contribution is -2.05. The summed E-state index contributed by atoms with van der Waals surface area (Å²) in [5, 5.41) is 17.7. The Morgan fingerprint density at radius 1 is 1.44 bits per heavy atom. The van der Waals surface area contributed by atoms with Crippen molar-refractivity contribution >= 4 is 5.97 Å². The van der Waals surface area contributed by atoms with Gasteiger partial charge in [-0.15, -0.1) is 0 Å². The van der Waals surface area contributed by atoms with Crippen molar-refractivity contribution in [3.8, 4) is 17.6 Å². The Morgan fingerprint density at radius 2 is 2.12 bits per heavy atom. The van der Waals surface area contributed by atoms with Gasteiger partial charge in [0.2, 0.25) is 0 Å². The molecule has 0 bridgehead atoms. The van der Waals surface area contributed by atoms with Gasteiger partial charge in [0.15, 0.2) is 0 Å². The van der Waals surface area contributed by atoms with Crippen molar-refractivity contribution in [2.75, 3.05) is 14.2 Å². The Morgan fingerprint density at radius 3 is 2.56 bits per heavy atom. The Hall–Kier alpha value is -2.22. The monoisotopic (exact) mass is 221 g/mol. The molecule has 0 heterocycles. The van der Waals surface area contributed by atoms with Crippen molar-refractivity contribution in [1.29, 1.82) is 5.26 Å². The molecule has 5 heteroatoms. The lowest BCUT2D eigenvalue weighted by molar-refractivity contribution is 0.0695. The van der Waals surface area contributed by atoms with Gasteiger partial charge in [-0.25, -0.2) is 4.79 Å². The van der Waals surface area contributed by atoms with Crippen molar-refractivity contribution in [3.05, 3.63) is 23.3 Å². The fraction of sp³-hybridized carbons (Fsp3) is 0.273. The molecule has 0 spiro atoms. The van der Waals surface area contributed by atoms with Gasteiger partial charge in [0.1, 0.15) is 11.5 Å². The number of carboxylic acid groups (broad SMARTS) is 1. The Kier molecular flexibility index (Phi) is 3.72. The molecule has 0 amide bonds. The van der Waals surface area contributed by atoms with Gasteiger partial charge >= 0.3 is 5.97 Å². The highest BCUT2D eigenvalue weighted by Gasteiger charge is 2.16. The van der Waals surface area contributed by atoms with Gasteiger partial charge in [-0.1, -0.05) is 0 Å². The Bertz CT molecular complexity index is 448. The summed E-state index contributed by atoms with van der Waals surface area (Å²) in [7, 11) is 2.85. The topological polar surface area (TPSA) is 79.5 Å². The number of ether oxygens (including phenoxy) is 2. The number of nitriles is 1. The molecular formula is C11H11NO4. The number of carbonyl (C=O) groups is 1. The standard InChI is InChI=1S/C11H11NO4/c1-15-7-5-9(11(13)14)8(3-4-12)10(6-7)16-2/h5-6H,3H2,1-2H3,(H,13,14). The minimum Gasteiger partial charge on any atom is -0.497 e. The van der Waals surface area contributed by atoms with E-state index in [1.165, 1.54) is 20.3 Å². The van der Waals surface area contributed by atoms with Gasteiger partial charge in [0.05, 0.1) is 32.3 Å². The van der Waals surface area contributed by atoms with Crippen LogP contribution in [0.25, 0.3) is 0 Å². The first-order valence-electron chi connectivity index (χ1n) is 4.49. The second-order valence-electron chi connectivity index (χ2n) is 3.00. The summed E-state index contributed by atoms with van der Waals surface area (Å²) in [6.07, 6.45) is -0.0190. The van der Waals surface area contributed by atoms with E-state index >= 15 is 0 Å². The maximum absolute atomic E-state index is 11.0. The van der Waals surface area contributed by atoms with Crippen LogP contribution >= 0.6 is 0 Å². The molecule has 1 aromatic rings. The summed E-state index contributed by atoms with van der Waals surface area (Å²) in [5.74, 6) is -0.378. The Balaban J connectivity index is 3.42. The zero-order valence-corrected chi connectivity index (χ0v) is 8.98. The second-order valence-corrected chi connectivity index (χ2v) is 3.00. The summed E-state index contributed by atoms with van der Waals surface area (Å²) < 4.78 is 9.99. The zero-order chi connectivity index (χ0) is 12.1. The van der Waals surface area contributed by atoms with E-state index in [-0.39, 0.29) is 12.0 Å². The Labute approximate surface area is 92.8 Å². The molecule has 0 fully saturated rings. The lowest BCUT2D eigenvalue weighted by atomic mass is 10.0. The molecule has 0 saturated carbocycles. The molecule has 0 aliphatic rings. The summed E-state index contributed by atoms with van der Waals surface area (Å²) >= 11 is 0. The van der Waals surface area contributed by atoms with Crippen LogP contribution in [0, 0.1) is 11.3 Å². The SMILES string of the molecule is COc1cc(OC)c(CC#N)c(C(=O)O)c1. The van der Waals surface area contributed by atoms with Gasteiger partial charge in [-0.05, 0) is 6.07 Å². The van der Waals surface area contributed by atoms with E-state index in [1.807, 2.05) is 6.07 Å². The van der Waals surface area contributed by atoms with E-state index in [2.05, 4.69) is 0 Å². The number of aromatic carboxylic acids is 1. The highest BCUT2D eigenvalue weighted by Crippen LogP contribution is 2.29. The van der Waals surface area contributed by atoms with Crippen LogP contribution in [0.3, 0.4) is 0 Å². The van der Waals surface area contributed by atoms with Crippen LogP contribution < -0.4 is 9.47 Å². The molecule has 0 aromatic heterocycles. The van der Waals surface area contributed by atoms with E-state index in [0.717, 1.165) is 0 Å². The number of methoxy groups -OCH3 is 2. The summed E-state index contributed by atoms with van der Waals surface area (Å²) in [6, 6.07) is 4.83. The fourth-order valence-electron chi connectivity index (χ4n) is 1.37. The molecule has 1 aromatic carbocycles. The van der Waals surface area contributed by atoms with Crippen LogP contribution in [-0.2, 0) is 6.42 Å². The summed E-state index contributed by atoms with van der Waals surface area (Å²) in [5.41, 5.74) is 0.385. The molecular weight excluding hydrogens is 210 g/mol. The molecule has 0 unspecified atom stereocenters. The third-order valence-corrected chi connectivity index (χ3v) is 2.12. The number of rotatable bonds is 4. The summed E-state index contributed by atoms with van der Waals surface area (Å²) in [4.78, 5) is 11.0. The van der Waals surface area contributed by atoms with E-state index in [1.54, 1.807) is 6.07 Å². The van der Waals surface area contributed by atoms with Crippen molar-refractivity contribution in [2.45, 2.75) is 6.42 Å². The maximum Gasteiger partial charge on any atom is 0.336 e. The number of benzene rings is 1. The largest absolute Gasteiger partial charge is 0.497 e. The molecule has 0 radical (unpaired) electrons. The minimum absolute atomic E-state index is 0.0190. The molecule has 5 nitrogen and oxygen atoms in total. The first-order valence-corrected chi connectivity index (χ1v) is 4.49. The smallest absolute Gasteiger partial charge is 0.336 e. The zero-order valence-electron chi connectivity index (χ0n) is 8.98.